The lowest BCUT2D eigenvalue weighted by Crippen LogP contribution is -2.53. The first-order valence-corrected chi connectivity index (χ1v) is 20.6. The van der Waals surface area contributed by atoms with E-state index in [0.717, 1.165) is 11.9 Å². The molecule has 0 N–H and O–H groups in total. The highest BCUT2D eigenvalue weighted by molar-refractivity contribution is 8.20. The van der Waals surface area contributed by atoms with Crippen LogP contribution in [-0.2, 0) is 16.5 Å². The van der Waals surface area contributed by atoms with Gasteiger partial charge >= 0.3 is 0 Å². The zero-order valence-electron chi connectivity index (χ0n) is 29.5. The quantitative estimate of drug-likeness (QED) is 0.160. The van der Waals surface area contributed by atoms with Gasteiger partial charge in [0.2, 0.25) is 0 Å². The minimum absolute atomic E-state index is 0.136. The van der Waals surface area contributed by atoms with Crippen LogP contribution in [0.25, 0.3) is 0 Å². The number of hydrogen-bond acceptors (Lipinski definition) is 6. The lowest BCUT2D eigenvalue weighted by molar-refractivity contribution is -0.00599. The molecule has 0 spiro atoms. The van der Waals surface area contributed by atoms with Crippen molar-refractivity contribution < 1.29 is 4.74 Å². The zero-order valence-corrected chi connectivity index (χ0v) is 32.1. The van der Waals surface area contributed by atoms with Crippen LogP contribution >= 0.6 is 14.1 Å². The predicted molar refractivity (Wildman–Crippen MR) is 185 cm³/mol. The molecule has 40 heavy (non-hydrogen) atoms. The summed E-state index contributed by atoms with van der Waals surface area (Å²) in [6.45, 7) is 42.2. The SMILES string of the molecule is CCOC1CC(P(=S)(N(C(C)C)C(C)C)N(C(C)C)C(C)C)=NN1[P+](C)(N(C(C)C)C(C)C)N(C(C)C)C(C)C. The van der Waals surface area contributed by atoms with E-state index in [1.807, 2.05) is 0 Å². The minimum Gasteiger partial charge on any atom is -0.353 e. The van der Waals surface area contributed by atoms with Crippen molar-refractivity contribution in [2.45, 2.75) is 179 Å². The molecule has 0 aliphatic carbocycles. The van der Waals surface area contributed by atoms with Gasteiger partial charge in [-0.15, -0.1) is 19.2 Å². The molecule has 1 aliphatic rings. The first-order valence-electron chi connectivity index (χ1n) is 15.8. The van der Waals surface area contributed by atoms with Crippen LogP contribution in [0.15, 0.2) is 5.10 Å². The number of hydrogen-bond donors (Lipinski definition) is 0. The molecule has 1 aliphatic heterocycles. The van der Waals surface area contributed by atoms with Crippen molar-refractivity contribution in [3.8, 4) is 0 Å². The molecule has 1 unspecified atom stereocenters. The lowest BCUT2D eigenvalue weighted by Gasteiger charge is -2.50. The van der Waals surface area contributed by atoms with Gasteiger partial charge in [0.05, 0.1) is 0 Å². The molecule has 238 valence electrons. The van der Waals surface area contributed by atoms with Crippen LogP contribution in [0.4, 0.5) is 0 Å². The van der Waals surface area contributed by atoms with Gasteiger partial charge in [-0.25, -0.2) is 0 Å². The summed E-state index contributed by atoms with van der Waals surface area (Å²) < 4.78 is 19.7. The standard InChI is InChI=1S/C30H67N6OP2S/c1-19-37-30-20-29(39(40,34(25(10)11)26(12)13)35(27(14)15)28(16)17)31-36(30)38(18,32(21(2)3)22(4)5)33(23(6)7)24(8)9/h21-28,30H,19-20H2,1-18H3/q+1. The third kappa shape index (κ3) is 7.70. The summed E-state index contributed by atoms with van der Waals surface area (Å²) >= 11 is 7.00. The predicted octanol–water partition coefficient (Wildman–Crippen LogP) is 8.55. The molecule has 0 saturated heterocycles. The maximum absolute atomic E-state index is 7.00. The summed E-state index contributed by atoms with van der Waals surface area (Å²) in [5, 5.41) is 5.73. The average Bonchev–Trinajstić information content (AvgIpc) is 3.16. The van der Waals surface area contributed by atoms with E-state index in [-0.39, 0.29) is 6.23 Å². The van der Waals surface area contributed by atoms with E-state index in [0.29, 0.717) is 54.9 Å². The van der Waals surface area contributed by atoms with E-state index in [4.69, 9.17) is 21.6 Å². The molecule has 0 aromatic carbocycles. The summed E-state index contributed by atoms with van der Waals surface area (Å²) in [6, 6.07) is 2.64. The van der Waals surface area contributed by atoms with Gasteiger partial charge in [0.25, 0.3) is 7.71 Å². The van der Waals surface area contributed by atoms with Crippen LogP contribution < -0.4 is 0 Å². The van der Waals surface area contributed by atoms with Crippen LogP contribution in [0.1, 0.15) is 124 Å². The third-order valence-electron chi connectivity index (χ3n) is 7.65. The van der Waals surface area contributed by atoms with Crippen molar-refractivity contribution in [2.75, 3.05) is 13.3 Å². The van der Waals surface area contributed by atoms with Crippen molar-refractivity contribution in [3.05, 3.63) is 0 Å². The van der Waals surface area contributed by atoms with E-state index in [2.05, 4.69) is 148 Å². The Kier molecular flexibility index (Phi) is 14.8. The Morgan fingerprint density at radius 3 is 1.30 bits per heavy atom. The largest absolute Gasteiger partial charge is 0.353 e. The van der Waals surface area contributed by atoms with Crippen LogP contribution in [-0.4, -0.2) is 96.7 Å². The Hall–Kier alpha value is 0.350. The van der Waals surface area contributed by atoms with Gasteiger partial charge in [0.15, 0.2) is 6.23 Å². The Morgan fingerprint density at radius 2 is 1.05 bits per heavy atom. The Balaban J connectivity index is 4.21. The highest BCUT2D eigenvalue weighted by atomic mass is 32.4. The molecule has 1 heterocycles. The van der Waals surface area contributed by atoms with Gasteiger partial charge in [0, 0.05) is 61.4 Å². The molecule has 7 nitrogen and oxygen atoms in total. The van der Waals surface area contributed by atoms with Gasteiger partial charge in [-0.1, -0.05) is 11.8 Å². The maximum atomic E-state index is 7.00. The molecule has 0 aromatic heterocycles. The molecule has 0 bridgehead atoms. The average molecular weight is 622 g/mol. The van der Waals surface area contributed by atoms with Crippen molar-refractivity contribution in [2.24, 2.45) is 5.10 Å². The van der Waals surface area contributed by atoms with Gasteiger partial charge in [0.1, 0.15) is 18.5 Å². The van der Waals surface area contributed by atoms with Gasteiger partial charge in [-0.3, -0.25) is 9.34 Å². The fraction of sp³-hybridized carbons (Fsp3) is 0.967. The topological polar surface area (TPSA) is 37.8 Å². The van der Waals surface area contributed by atoms with E-state index in [1.54, 1.807) is 0 Å². The van der Waals surface area contributed by atoms with Crippen LogP contribution in [0.5, 0.6) is 0 Å². The van der Waals surface area contributed by atoms with E-state index < -0.39 is 14.1 Å². The van der Waals surface area contributed by atoms with Gasteiger partial charge in [-0.05, 0) is 118 Å². The molecule has 0 amide bonds. The minimum atomic E-state index is -2.43. The molecular weight excluding hydrogens is 554 g/mol. The zero-order chi connectivity index (χ0) is 31.5. The van der Waals surface area contributed by atoms with Crippen molar-refractivity contribution in [1.29, 1.82) is 0 Å². The normalized spacial score (nSPS) is 18.0. The molecule has 1 rings (SSSR count). The molecule has 10 heteroatoms. The summed E-state index contributed by atoms with van der Waals surface area (Å²) in [5.74, 6) is 0. The summed E-state index contributed by atoms with van der Waals surface area (Å²) in [5.41, 5.74) is 1.15. The fourth-order valence-corrected chi connectivity index (χ4v) is 19.0. The van der Waals surface area contributed by atoms with Crippen molar-refractivity contribution >= 4 is 31.3 Å². The number of ether oxygens (including phenoxy) is 1. The van der Waals surface area contributed by atoms with Gasteiger partial charge in [-0.2, -0.15) is 0 Å². The smallest absolute Gasteiger partial charge is 0.269 e. The lowest BCUT2D eigenvalue weighted by atomic mass is 10.3. The van der Waals surface area contributed by atoms with Crippen LogP contribution in [0, 0.1) is 0 Å². The Bertz CT molecular complexity index is 785. The first kappa shape index (κ1) is 38.4. The monoisotopic (exact) mass is 621 g/mol. The second-order valence-electron chi connectivity index (χ2n) is 13.6. The summed E-state index contributed by atoms with van der Waals surface area (Å²) in [4.78, 5) is 0. The molecule has 0 aromatic rings. The van der Waals surface area contributed by atoms with Crippen LogP contribution in [0.2, 0.25) is 0 Å². The second-order valence-corrected chi connectivity index (χ2v) is 20.8. The molecule has 0 radical (unpaired) electrons. The van der Waals surface area contributed by atoms with E-state index in [9.17, 15) is 0 Å². The highest BCUT2D eigenvalue weighted by Gasteiger charge is 2.61. The van der Waals surface area contributed by atoms with E-state index in [1.165, 1.54) is 0 Å². The number of hydrazone groups is 1. The van der Waals surface area contributed by atoms with Gasteiger partial charge < -0.3 is 4.74 Å². The maximum Gasteiger partial charge on any atom is 0.269 e. The fourth-order valence-electron chi connectivity index (χ4n) is 7.39. The summed E-state index contributed by atoms with van der Waals surface area (Å²) in [6.07, 6.45) is -1.81. The third-order valence-corrected chi connectivity index (χ3v) is 18.2. The number of rotatable bonds is 16. The van der Waals surface area contributed by atoms with Crippen molar-refractivity contribution in [3.63, 3.8) is 0 Å². The second kappa shape index (κ2) is 15.4. The number of nitrogens with zero attached hydrogens (tertiary/aromatic N) is 6. The van der Waals surface area contributed by atoms with Crippen LogP contribution in [0.3, 0.4) is 0 Å². The molecule has 1 atom stereocenters. The first-order chi connectivity index (χ1) is 18.2. The summed E-state index contributed by atoms with van der Waals surface area (Å²) in [7, 11) is -2.19. The Labute approximate surface area is 256 Å². The van der Waals surface area contributed by atoms with Crippen molar-refractivity contribution in [1.82, 2.24) is 23.5 Å². The molecule has 0 saturated carbocycles. The molecule has 0 fully saturated rings. The van der Waals surface area contributed by atoms with E-state index >= 15 is 0 Å². The molecular formula is C30H67N6OP2S+. The highest BCUT2D eigenvalue weighted by Crippen LogP contribution is 2.72. The Morgan fingerprint density at radius 1 is 0.725 bits per heavy atom.